The summed E-state index contributed by atoms with van der Waals surface area (Å²) in [4.78, 5) is 0. The predicted molar refractivity (Wildman–Crippen MR) is 54.5 cm³/mol. The molecule has 1 rings (SSSR count). The number of hydrogen-bond donors (Lipinski definition) is 2. The van der Waals surface area contributed by atoms with Gasteiger partial charge in [-0.1, -0.05) is 37.3 Å². The second kappa shape index (κ2) is 5.00. The summed E-state index contributed by atoms with van der Waals surface area (Å²) in [6.07, 6.45) is -0.367. The molecule has 0 aliphatic heterocycles. The van der Waals surface area contributed by atoms with Gasteiger partial charge in [0.05, 0.1) is 6.10 Å². The van der Waals surface area contributed by atoms with Gasteiger partial charge < -0.3 is 10.4 Å². The Hall–Kier alpha value is -0.860. The Labute approximate surface area is 79.6 Å². The van der Waals surface area contributed by atoms with Gasteiger partial charge in [-0.25, -0.2) is 0 Å². The molecule has 2 heteroatoms. The molecular weight excluding hydrogens is 162 g/mol. The van der Waals surface area contributed by atoms with Crippen LogP contribution in [0.5, 0.6) is 0 Å². The molecule has 0 saturated carbocycles. The molecule has 0 heterocycles. The molecule has 0 bridgehead atoms. The van der Waals surface area contributed by atoms with Gasteiger partial charge in [0.25, 0.3) is 0 Å². The van der Waals surface area contributed by atoms with E-state index in [-0.39, 0.29) is 12.0 Å². The molecule has 0 aromatic heterocycles. The van der Waals surface area contributed by atoms with Crippen LogP contribution >= 0.6 is 0 Å². The zero-order valence-corrected chi connectivity index (χ0v) is 8.20. The van der Waals surface area contributed by atoms with Gasteiger partial charge in [-0.05, 0) is 18.5 Å². The van der Waals surface area contributed by atoms with Crippen molar-refractivity contribution >= 4 is 0 Å². The minimum atomic E-state index is -0.367. The number of hydrogen-bond acceptors (Lipinski definition) is 2. The average Bonchev–Trinajstić information content (AvgIpc) is 2.18. The Balaban J connectivity index is 2.62. The number of aliphatic hydroxyl groups excluding tert-OH is 1. The summed E-state index contributed by atoms with van der Waals surface area (Å²) in [7, 11) is 1.90. The lowest BCUT2D eigenvalue weighted by atomic mass is 9.97. The Kier molecular flexibility index (Phi) is 3.93. The van der Waals surface area contributed by atoms with Crippen LogP contribution in [0.3, 0.4) is 0 Å². The normalized spacial score (nSPS) is 15.3. The van der Waals surface area contributed by atoms with Crippen molar-refractivity contribution in [2.75, 3.05) is 13.6 Å². The van der Waals surface area contributed by atoms with Crippen LogP contribution in [0.15, 0.2) is 30.3 Å². The van der Waals surface area contributed by atoms with Crippen molar-refractivity contribution in [2.24, 2.45) is 5.92 Å². The second-order valence-corrected chi connectivity index (χ2v) is 3.39. The smallest absolute Gasteiger partial charge is 0.0827 e. The molecule has 2 atom stereocenters. The summed E-state index contributed by atoms with van der Waals surface area (Å²) in [6, 6.07) is 9.77. The van der Waals surface area contributed by atoms with Crippen LogP contribution in [-0.2, 0) is 0 Å². The zero-order chi connectivity index (χ0) is 9.68. The number of aliphatic hydroxyl groups is 1. The van der Waals surface area contributed by atoms with Crippen LogP contribution in [0.25, 0.3) is 0 Å². The molecule has 13 heavy (non-hydrogen) atoms. The van der Waals surface area contributed by atoms with E-state index < -0.39 is 0 Å². The number of rotatable bonds is 4. The number of benzene rings is 1. The van der Waals surface area contributed by atoms with Crippen molar-refractivity contribution in [3.05, 3.63) is 35.9 Å². The van der Waals surface area contributed by atoms with Crippen LogP contribution in [0.4, 0.5) is 0 Å². The van der Waals surface area contributed by atoms with Crippen LogP contribution in [0.2, 0.25) is 0 Å². The summed E-state index contributed by atoms with van der Waals surface area (Å²) in [5, 5.41) is 12.9. The zero-order valence-electron chi connectivity index (χ0n) is 8.20. The molecular formula is C11H17NO. The summed E-state index contributed by atoms with van der Waals surface area (Å²) >= 11 is 0. The molecule has 0 aliphatic carbocycles. The maximum Gasteiger partial charge on any atom is 0.0827 e. The minimum Gasteiger partial charge on any atom is -0.388 e. The Morgan fingerprint density at radius 3 is 2.46 bits per heavy atom. The third-order valence-corrected chi connectivity index (χ3v) is 2.21. The van der Waals surface area contributed by atoms with E-state index in [0.717, 1.165) is 12.1 Å². The molecule has 0 fully saturated rings. The first kappa shape index (κ1) is 10.2. The van der Waals surface area contributed by atoms with E-state index in [1.807, 2.05) is 44.3 Å². The van der Waals surface area contributed by atoms with E-state index >= 15 is 0 Å². The van der Waals surface area contributed by atoms with E-state index in [9.17, 15) is 5.11 Å². The lowest BCUT2D eigenvalue weighted by molar-refractivity contribution is 0.118. The van der Waals surface area contributed by atoms with Gasteiger partial charge in [0, 0.05) is 6.54 Å². The predicted octanol–water partition coefficient (Wildman–Crippen LogP) is 1.58. The standard InChI is InChI=1S/C11H17NO/c1-9(8-12-2)11(13)10-6-4-3-5-7-10/h3-7,9,11-13H,8H2,1-2H3. The van der Waals surface area contributed by atoms with Gasteiger partial charge in [-0.2, -0.15) is 0 Å². The summed E-state index contributed by atoms with van der Waals surface area (Å²) in [6.45, 7) is 2.87. The monoisotopic (exact) mass is 179 g/mol. The summed E-state index contributed by atoms with van der Waals surface area (Å²) in [5.74, 6) is 0.243. The van der Waals surface area contributed by atoms with Crippen molar-refractivity contribution in [3.8, 4) is 0 Å². The van der Waals surface area contributed by atoms with E-state index in [2.05, 4.69) is 5.32 Å². The second-order valence-electron chi connectivity index (χ2n) is 3.39. The fourth-order valence-electron chi connectivity index (χ4n) is 1.41. The Bertz CT molecular complexity index is 235. The highest BCUT2D eigenvalue weighted by Gasteiger charge is 2.14. The molecule has 2 nitrogen and oxygen atoms in total. The van der Waals surface area contributed by atoms with Crippen LogP contribution in [0.1, 0.15) is 18.6 Å². The van der Waals surface area contributed by atoms with Crippen LogP contribution in [-0.4, -0.2) is 18.7 Å². The molecule has 0 amide bonds. The topological polar surface area (TPSA) is 32.3 Å². The first-order valence-electron chi connectivity index (χ1n) is 4.63. The summed E-state index contributed by atoms with van der Waals surface area (Å²) in [5.41, 5.74) is 0.991. The SMILES string of the molecule is CNCC(C)C(O)c1ccccc1. The quantitative estimate of drug-likeness (QED) is 0.735. The van der Waals surface area contributed by atoms with Crippen molar-refractivity contribution < 1.29 is 5.11 Å². The van der Waals surface area contributed by atoms with Crippen LogP contribution in [0, 0.1) is 5.92 Å². The maximum atomic E-state index is 9.88. The lowest BCUT2D eigenvalue weighted by Gasteiger charge is -2.18. The van der Waals surface area contributed by atoms with Gasteiger partial charge in [0.15, 0.2) is 0 Å². The Morgan fingerprint density at radius 1 is 1.31 bits per heavy atom. The highest BCUT2D eigenvalue weighted by atomic mass is 16.3. The first-order chi connectivity index (χ1) is 6.25. The molecule has 0 aliphatic rings. The fraction of sp³-hybridized carbons (Fsp3) is 0.455. The molecule has 2 unspecified atom stereocenters. The van der Waals surface area contributed by atoms with Gasteiger partial charge in [0.1, 0.15) is 0 Å². The molecule has 0 saturated heterocycles. The molecule has 0 radical (unpaired) electrons. The lowest BCUT2D eigenvalue weighted by Crippen LogP contribution is -2.22. The fourth-order valence-corrected chi connectivity index (χ4v) is 1.41. The van der Waals surface area contributed by atoms with Crippen molar-refractivity contribution in [3.63, 3.8) is 0 Å². The molecule has 72 valence electrons. The highest BCUT2D eigenvalue weighted by molar-refractivity contribution is 5.17. The largest absolute Gasteiger partial charge is 0.388 e. The molecule has 1 aromatic carbocycles. The summed E-state index contributed by atoms with van der Waals surface area (Å²) < 4.78 is 0. The molecule has 2 N–H and O–H groups in total. The highest BCUT2D eigenvalue weighted by Crippen LogP contribution is 2.20. The van der Waals surface area contributed by atoms with Crippen LogP contribution < -0.4 is 5.32 Å². The van der Waals surface area contributed by atoms with Crippen molar-refractivity contribution in [2.45, 2.75) is 13.0 Å². The number of nitrogens with one attached hydrogen (secondary N) is 1. The van der Waals surface area contributed by atoms with Gasteiger partial charge in [-0.3, -0.25) is 0 Å². The van der Waals surface area contributed by atoms with E-state index in [1.54, 1.807) is 0 Å². The van der Waals surface area contributed by atoms with Crippen molar-refractivity contribution in [1.82, 2.24) is 5.32 Å². The first-order valence-corrected chi connectivity index (χ1v) is 4.63. The Morgan fingerprint density at radius 2 is 1.92 bits per heavy atom. The molecule has 1 aromatic rings. The van der Waals surface area contributed by atoms with E-state index in [1.165, 1.54) is 0 Å². The van der Waals surface area contributed by atoms with E-state index in [0.29, 0.717) is 0 Å². The van der Waals surface area contributed by atoms with E-state index in [4.69, 9.17) is 0 Å². The maximum absolute atomic E-state index is 9.88. The average molecular weight is 179 g/mol. The third kappa shape index (κ3) is 2.83. The molecule has 0 spiro atoms. The third-order valence-electron chi connectivity index (χ3n) is 2.21. The van der Waals surface area contributed by atoms with Gasteiger partial charge >= 0.3 is 0 Å². The van der Waals surface area contributed by atoms with Crippen molar-refractivity contribution in [1.29, 1.82) is 0 Å². The van der Waals surface area contributed by atoms with Gasteiger partial charge in [-0.15, -0.1) is 0 Å². The minimum absolute atomic E-state index is 0.243. The van der Waals surface area contributed by atoms with Gasteiger partial charge in [0.2, 0.25) is 0 Å².